The third-order valence-electron chi connectivity index (χ3n) is 2.96. The lowest BCUT2D eigenvalue weighted by Crippen LogP contribution is -2.38. The summed E-state index contributed by atoms with van der Waals surface area (Å²) in [6.45, 7) is 6.78. The molecule has 0 aliphatic heterocycles. The van der Waals surface area contributed by atoms with Gasteiger partial charge in [0.25, 0.3) is 0 Å². The summed E-state index contributed by atoms with van der Waals surface area (Å²) in [5.41, 5.74) is -0.193. The number of ether oxygens (including phenoxy) is 1. The number of imide groups is 1. The fourth-order valence-electron chi connectivity index (χ4n) is 2.08. The minimum absolute atomic E-state index is 0.0267. The number of rotatable bonds is 3. The molecular weight excluding hydrogens is 330 g/mol. The molecule has 3 amide bonds. The van der Waals surface area contributed by atoms with Gasteiger partial charge in [0.2, 0.25) is 5.78 Å². The normalized spacial score (nSPS) is 11.2. The van der Waals surface area contributed by atoms with Crippen LogP contribution < -0.4 is 10.6 Å². The van der Waals surface area contributed by atoms with E-state index in [1.165, 1.54) is 16.8 Å². The van der Waals surface area contributed by atoms with Crippen LogP contribution in [-0.2, 0) is 11.2 Å². The summed E-state index contributed by atoms with van der Waals surface area (Å²) in [5.74, 6) is -0.950. The number of carboxylic acids is 1. The van der Waals surface area contributed by atoms with Gasteiger partial charge in [0.1, 0.15) is 5.60 Å². The first-order chi connectivity index (χ1) is 11.6. The van der Waals surface area contributed by atoms with Crippen molar-refractivity contribution in [2.45, 2.75) is 39.7 Å². The van der Waals surface area contributed by atoms with Crippen molar-refractivity contribution in [2.24, 2.45) is 0 Å². The standard InChI is InChI=1S/C15H19N5O5/c1-5-9-10(11(21)22)20-7-8(6-16-12(20)18-9)17-13(23)19-14(24)25-15(2,3)4/h6-7H,5H2,1-4H3,(H,21,22)(H2,17,19,23,24). The first kappa shape index (κ1) is 18.2. The molecule has 0 unspecified atom stereocenters. The number of imidazole rings is 1. The Balaban J connectivity index is 2.19. The second-order valence-corrected chi connectivity index (χ2v) is 6.16. The van der Waals surface area contributed by atoms with E-state index < -0.39 is 23.7 Å². The number of hydrogen-bond donors (Lipinski definition) is 3. The Morgan fingerprint density at radius 1 is 1.32 bits per heavy atom. The topological polar surface area (TPSA) is 135 Å². The van der Waals surface area contributed by atoms with Gasteiger partial charge in [-0.05, 0) is 27.2 Å². The molecule has 0 fully saturated rings. The summed E-state index contributed by atoms with van der Waals surface area (Å²) in [6, 6.07) is -0.830. The number of amides is 3. The van der Waals surface area contributed by atoms with Gasteiger partial charge in [-0.1, -0.05) is 6.92 Å². The maximum Gasteiger partial charge on any atom is 0.415 e. The average Bonchev–Trinajstić information content (AvgIpc) is 2.82. The van der Waals surface area contributed by atoms with E-state index in [0.29, 0.717) is 12.1 Å². The predicted octanol–water partition coefficient (Wildman–Crippen LogP) is 2.05. The van der Waals surface area contributed by atoms with Crippen molar-refractivity contribution < 1.29 is 24.2 Å². The lowest BCUT2D eigenvalue weighted by atomic mass is 10.2. The number of carbonyl (C=O) groups excluding carboxylic acids is 2. The molecule has 2 aromatic rings. The molecule has 0 aromatic carbocycles. The number of aryl methyl sites for hydroxylation is 1. The minimum atomic E-state index is -1.15. The first-order valence-corrected chi connectivity index (χ1v) is 7.52. The highest BCUT2D eigenvalue weighted by Crippen LogP contribution is 2.15. The fourth-order valence-corrected chi connectivity index (χ4v) is 2.08. The zero-order valence-corrected chi connectivity index (χ0v) is 14.3. The van der Waals surface area contributed by atoms with E-state index in [9.17, 15) is 19.5 Å². The number of anilines is 1. The Morgan fingerprint density at radius 2 is 2.00 bits per heavy atom. The number of nitrogens with zero attached hydrogens (tertiary/aromatic N) is 3. The fraction of sp³-hybridized carbons (Fsp3) is 0.400. The molecule has 2 aromatic heterocycles. The molecule has 3 N–H and O–H groups in total. The molecule has 0 aliphatic rings. The summed E-state index contributed by atoms with van der Waals surface area (Å²) in [5, 5.41) is 13.7. The third-order valence-corrected chi connectivity index (χ3v) is 2.96. The van der Waals surface area contributed by atoms with Crippen LogP contribution in [0.15, 0.2) is 12.4 Å². The zero-order chi connectivity index (χ0) is 18.8. The Morgan fingerprint density at radius 3 is 2.56 bits per heavy atom. The maximum absolute atomic E-state index is 11.8. The second-order valence-electron chi connectivity index (χ2n) is 6.16. The van der Waals surface area contributed by atoms with E-state index >= 15 is 0 Å². The van der Waals surface area contributed by atoms with Crippen LogP contribution in [0.5, 0.6) is 0 Å². The zero-order valence-electron chi connectivity index (χ0n) is 14.3. The van der Waals surface area contributed by atoms with Gasteiger partial charge in [0, 0.05) is 6.20 Å². The van der Waals surface area contributed by atoms with Gasteiger partial charge in [0.15, 0.2) is 5.69 Å². The lowest BCUT2D eigenvalue weighted by Gasteiger charge is -2.19. The Kier molecular flexibility index (Phi) is 4.91. The highest BCUT2D eigenvalue weighted by atomic mass is 16.6. The smallest absolute Gasteiger partial charge is 0.415 e. The molecule has 0 atom stereocenters. The number of carboxylic acid groups (broad SMARTS) is 1. The van der Waals surface area contributed by atoms with Crippen molar-refractivity contribution in [3.05, 3.63) is 23.8 Å². The molecule has 0 bridgehead atoms. The Hall–Kier alpha value is -3.17. The first-order valence-electron chi connectivity index (χ1n) is 7.52. The van der Waals surface area contributed by atoms with E-state index in [1.807, 2.05) is 5.32 Å². The van der Waals surface area contributed by atoms with Gasteiger partial charge in [-0.15, -0.1) is 0 Å². The molecule has 134 valence electrons. The number of fused-ring (bicyclic) bond motifs is 1. The van der Waals surface area contributed by atoms with Crippen molar-refractivity contribution in [1.29, 1.82) is 0 Å². The van der Waals surface area contributed by atoms with Crippen LogP contribution in [0.1, 0.15) is 43.9 Å². The van der Waals surface area contributed by atoms with Crippen LogP contribution in [0.4, 0.5) is 15.3 Å². The van der Waals surface area contributed by atoms with Crippen molar-refractivity contribution in [1.82, 2.24) is 19.7 Å². The maximum atomic E-state index is 11.8. The van der Waals surface area contributed by atoms with Crippen molar-refractivity contribution in [3.63, 3.8) is 0 Å². The molecule has 0 radical (unpaired) electrons. The van der Waals surface area contributed by atoms with Crippen LogP contribution in [0.3, 0.4) is 0 Å². The number of carbonyl (C=O) groups is 3. The molecule has 2 heterocycles. The van der Waals surface area contributed by atoms with E-state index in [4.69, 9.17) is 4.74 Å². The monoisotopic (exact) mass is 349 g/mol. The van der Waals surface area contributed by atoms with Crippen molar-refractivity contribution in [3.8, 4) is 0 Å². The van der Waals surface area contributed by atoms with Crippen LogP contribution in [0.25, 0.3) is 5.78 Å². The lowest BCUT2D eigenvalue weighted by molar-refractivity contribution is 0.0550. The van der Waals surface area contributed by atoms with Gasteiger partial charge >= 0.3 is 18.1 Å². The minimum Gasteiger partial charge on any atom is -0.477 e. The predicted molar refractivity (Wildman–Crippen MR) is 87.7 cm³/mol. The number of urea groups is 1. The number of nitrogens with one attached hydrogen (secondary N) is 2. The number of alkyl carbamates (subject to hydrolysis) is 1. The van der Waals surface area contributed by atoms with Crippen LogP contribution in [0, 0.1) is 0 Å². The highest BCUT2D eigenvalue weighted by molar-refractivity contribution is 5.99. The largest absolute Gasteiger partial charge is 0.477 e. The molecule has 0 saturated carbocycles. The molecule has 25 heavy (non-hydrogen) atoms. The van der Waals surface area contributed by atoms with Gasteiger partial charge in [-0.3, -0.25) is 4.40 Å². The van der Waals surface area contributed by atoms with Gasteiger partial charge < -0.3 is 15.2 Å². The van der Waals surface area contributed by atoms with E-state index in [0.717, 1.165) is 0 Å². The quantitative estimate of drug-likeness (QED) is 0.771. The van der Waals surface area contributed by atoms with E-state index in [-0.39, 0.29) is 17.2 Å². The third kappa shape index (κ3) is 4.43. The van der Waals surface area contributed by atoms with Crippen LogP contribution in [0.2, 0.25) is 0 Å². The van der Waals surface area contributed by atoms with Crippen LogP contribution in [-0.4, -0.2) is 43.2 Å². The molecule has 10 nitrogen and oxygen atoms in total. The number of aromatic nitrogens is 3. The van der Waals surface area contributed by atoms with Crippen LogP contribution >= 0.6 is 0 Å². The molecule has 10 heteroatoms. The van der Waals surface area contributed by atoms with E-state index in [1.54, 1.807) is 27.7 Å². The second kappa shape index (κ2) is 6.75. The van der Waals surface area contributed by atoms with E-state index in [2.05, 4.69) is 15.3 Å². The van der Waals surface area contributed by atoms with Crippen molar-refractivity contribution >= 4 is 29.6 Å². The van der Waals surface area contributed by atoms with Crippen molar-refractivity contribution in [2.75, 3.05) is 5.32 Å². The Bertz CT molecular complexity index is 837. The number of aromatic carboxylic acids is 1. The molecule has 0 spiro atoms. The molecule has 2 rings (SSSR count). The van der Waals surface area contributed by atoms with Gasteiger partial charge in [-0.2, -0.15) is 0 Å². The molecule has 0 aliphatic carbocycles. The SMILES string of the molecule is CCc1nc2ncc(NC(=O)NC(=O)OC(C)(C)C)cn2c1C(=O)O. The summed E-state index contributed by atoms with van der Waals surface area (Å²) in [4.78, 5) is 42.9. The van der Waals surface area contributed by atoms with Gasteiger partial charge in [-0.25, -0.2) is 29.7 Å². The van der Waals surface area contributed by atoms with Gasteiger partial charge in [0.05, 0.1) is 17.6 Å². The molecule has 0 saturated heterocycles. The summed E-state index contributed by atoms with van der Waals surface area (Å²) in [6.07, 6.45) is 2.20. The number of hydrogen-bond acceptors (Lipinski definition) is 6. The summed E-state index contributed by atoms with van der Waals surface area (Å²) in [7, 11) is 0. The highest BCUT2D eigenvalue weighted by Gasteiger charge is 2.20. The Labute approximate surface area is 143 Å². The molecular formula is C15H19N5O5. The average molecular weight is 349 g/mol. The summed E-state index contributed by atoms with van der Waals surface area (Å²) < 4.78 is 6.23. The summed E-state index contributed by atoms with van der Waals surface area (Å²) >= 11 is 0.